The minimum absolute atomic E-state index is 0. The zero-order valence-electron chi connectivity index (χ0n) is 28.0. The summed E-state index contributed by atoms with van der Waals surface area (Å²) >= 11 is 0. The molecule has 18 nitrogen and oxygen atoms in total. The Bertz CT molecular complexity index is 2730. The first-order valence-electron chi connectivity index (χ1n) is 14.9. The average molecular weight is 699 g/mol. The summed E-state index contributed by atoms with van der Waals surface area (Å²) in [6.07, 6.45) is 7.84. The van der Waals surface area contributed by atoms with Crippen LogP contribution in [0.25, 0.3) is 44.0 Å². The number of hydrogen-bond donors (Lipinski definition) is 5. The van der Waals surface area contributed by atoms with Crippen molar-refractivity contribution in [3.63, 3.8) is 0 Å². The van der Waals surface area contributed by atoms with Crippen LogP contribution in [-0.2, 0) is 21.1 Å². The highest BCUT2D eigenvalue weighted by molar-refractivity contribution is 5.97. The molecule has 0 spiro atoms. The zero-order chi connectivity index (χ0) is 36.3. The van der Waals surface area contributed by atoms with Crippen LogP contribution in [0.3, 0.4) is 0 Å². The molecule has 0 atom stereocenters. The summed E-state index contributed by atoms with van der Waals surface area (Å²) in [7, 11) is 5.40. The van der Waals surface area contributed by atoms with E-state index in [2.05, 4.69) is 44.9 Å². The van der Waals surface area contributed by atoms with Gasteiger partial charge in [0.15, 0.2) is 11.5 Å². The van der Waals surface area contributed by atoms with E-state index in [1.165, 1.54) is 23.4 Å². The molecule has 0 saturated heterocycles. The molecule has 18 heteroatoms. The maximum Gasteiger partial charge on any atom is 0.328 e. The number of aromatic nitrogens is 12. The van der Waals surface area contributed by atoms with Crippen molar-refractivity contribution < 1.29 is 1.43 Å². The van der Waals surface area contributed by atoms with Gasteiger partial charge in [-0.15, -0.1) is 0 Å². The molecule has 0 saturated carbocycles. The van der Waals surface area contributed by atoms with E-state index >= 15 is 0 Å². The highest BCUT2D eigenvalue weighted by atomic mass is 16.2. The summed E-state index contributed by atoms with van der Waals surface area (Å²) in [5, 5.41) is 1.38. The van der Waals surface area contributed by atoms with Crippen molar-refractivity contribution in [1.82, 2.24) is 58.6 Å². The third-order valence-corrected chi connectivity index (χ3v) is 7.51. The summed E-state index contributed by atoms with van der Waals surface area (Å²) in [6.45, 7) is 5.43. The molecule has 0 aliphatic rings. The zero-order valence-corrected chi connectivity index (χ0v) is 28.0. The number of aromatic amines is 3. The van der Waals surface area contributed by atoms with Gasteiger partial charge in [0.2, 0.25) is 0 Å². The van der Waals surface area contributed by atoms with Gasteiger partial charge in [0.25, 0.3) is 11.1 Å². The van der Waals surface area contributed by atoms with Crippen LogP contribution in [0.5, 0.6) is 0 Å². The number of imidazole rings is 2. The molecular formula is C33H40N14O4. The quantitative estimate of drug-likeness (QED) is 0.153. The Morgan fingerprint density at radius 3 is 2.04 bits per heavy atom. The van der Waals surface area contributed by atoms with Gasteiger partial charge in [-0.1, -0.05) is 13.5 Å². The Morgan fingerprint density at radius 2 is 1.33 bits per heavy atom. The Morgan fingerprint density at radius 1 is 0.647 bits per heavy atom. The lowest BCUT2D eigenvalue weighted by atomic mass is 10.1. The van der Waals surface area contributed by atoms with Crippen molar-refractivity contribution in [1.29, 1.82) is 0 Å². The van der Waals surface area contributed by atoms with Crippen molar-refractivity contribution in [3.8, 4) is 0 Å². The average Bonchev–Trinajstić information content (AvgIpc) is 3.63. The van der Waals surface area contributed by atoms with Gasteiger partial charge >= 0.3 is 11.4 Å². The smallest absolute Gasteiger partial charge is 0.328 e. The molecule has 0 amide bonds. The number of anilines is 2. The number of hydrogen-bond acceptors (Lipinski definition) is 12. The highest BCUT2D eigenvalue weighted by Crippen LogP contribution is 2.22. The number of nitrogens with two attached hydrogens (primary N) is 2. The first-order valence-corrected chi connectivity index (χ1v) is 14.9. The molecule has 0 radical (unpaired) electrons. The van der Waals surface area contributed by atoms with Crippen molar-refractivity contribution >= 4 is 55.6 Å². The molecule has 0 fully saturated rings. The predicted molar refractivity (Wildman–Crippen MR) is 199 cm³/mol. The molecule has 266 valence electrons. The minimum atomic E-state index is -0.463. The van der Waals surface area contributed by atoms with Gasteiger partial charge in [-0.25, -0.2) is 39.5 Å². The van der Waals surface area contributed by atoms with E-state index in [0.29, 0.717) is 33.6 Å². The number of nitrogens with zero attached hydrogens (tertiary/aromatic N) is 9. The molecule has 0 bridgehead atoms. The topological polar surface area (TPSA) is 260 Å². The number of fused-ring (bicyclic) bond motifs is 4. The van der Waals surface area contributed by atoms with E-state index in [-0.39, 0.29) is 25.7 Å². The Hall–Kier alpha value is -6.98. The van der Waals surface area contributed by atoms with Gasteiger partial charge in [0.05, 0.1) is 40.1 Å². The lowest BCUT2D eigenvalue weighted by Crippen LogP contribution is -2.28. The number of nitrogen functional groups attached to an aromatic ring is 2. The Kier molecular flexibility index (Phi) is 10.9. The summed E-state index contributed by atoms with van der Waals surface area (Å²) in [6, 6.07) is 7.57. The fourth-order valence-electron chi connectivity index (χ4n) is 4.98. The van der Waals surface area contributed by atoms with E-state index < -0.39 is 5.69 Å². The normalized spacial score (nSPS) is 10.5. The number of rotatable bonds is 0. The first-order chi connectivity index (χ1) is 23.7. The SMILES string of the molecule is C.Cc1cc(C)c2[nH]c(=O)[nH]c(=O)c2c1.Cc1cn(C)c(=O)[nH]c1=O.Cn1cnc2c(N)ncnc21.Cn1cnc2cc3c(N)ncnc3cc21.[3HH]. The maximum atomic E-state index is 11.4. The molecule has 0 aliphatic carbocycles. The minimum Gasteiger partial charge on any atom is -0.383 e. The van der Waals surface area contributed by atoms with E-state index in [4.69, 9.17) is 11.5 Å². The van der Waals surface area contributed by atoms with E-state index in [1.807, 2.05) is 50.7 Å². The summed E-state index contributed by atoms with van der Waals surface area (Å²) in [4.78, 5) is 75.1. The van der Waals surface area contributed by atoms with Crippen molar-refractivity contribution in [2.24, 2.45) is 21.1 Å². The van der Waals surface area contributed by atoms with Gasteiger partial charge in [-0.3, -0.25) is 19.6 Å². The van der Waals surface area contributed by atoms with Gasteiger partial charge in [-0.2, -0.15) is 0 Å². The molecule has 6 aromatic heterocycles. The number of H-pyrrole nitrogens is 3. The molecular weight excluding hydrogens is 656 g/mol. The van der Waals surface area contributed by atoms with Crippen molar-refractivity contribution in [2.75, 3.05) is 11.5 Å². The van der Waals surface area contributed by atoms with Crippen molar-refractivity contribution in [3.05, 3.63) is 114 Å². The van der Waals surface area contributed by atoms with Gasteiger partial charge < -0.3 is 30.2 Å². The lowest BCUT2D eigenvalue weighted by molar-refractivity contribution is 0.789. The highest BCUT2D eigenvalue weighted by Gasteiger charge is 2.06. The summed E-state index contributed by atoms with van der Waals surface area (Å²) in [5.41, 5.74) is 17.1. The largest absolute Gasteiger partial charge is 0.383 e. The molecule has 0 aliphatic heterocycles. The third-order valence-electron chi connectivity index (χ3n) is 7.51. The van der Waals surface area contributed by atoms with Crippen LogP contribution in [0.1, 0.15) is 25.5 Å². The second-order valence-electron chi connectivity index (χ2n) is 11.4. The second kappa shape index (κ2) is 15.1. The Labute approximate surface area is 290 Å². The predicted octanol–water partition coefficient (Wildman–Crippen LogP) is 2.14. The molecule has 0 unspecified atom stereocenters. The lowest BCUT2D eigenvalue weighted by Gasteiger charge is -2.01. The molecule has 8 rings (SSSR count). The molecule has 7 N–H and O–H groups in total. The standard InChI is InChI=1S/C10H9N5.C10H10N2O2.C6H7N5.C6H8N2O2.CH4.H2/c1-15-5-14-8-2-6-7(3-9(8)15)12-4-13-10(6)11;1-5-3-6(2)8-7(4-5)9(13)12-10(14)11-8;1-11-3-10-4-5(7)8-2-9-6(4)11;1-4-3-8(2)6(10)7-5(4)9;;/h2-5H,1H3,(H2,11,12,13);3-4H,1-2H3,(H2,11,12,13,14);2-3H,1H3,(H2,7,8,9);3H,1-2H3,(H,7,9,10);1H4;1H/i;;;;;1+2. The van der Waals surface area contributed by atoms with Crippen LogP contribution in [-0.4, -0.2) is 58.6 Å². The monoisotopic (exact) mass is 698 g/mol. The van der Waals surface area contributed by atoms with Crippen LogP contribution in [0, 0.1) is 20.8 Å². The fraction of sp³-hybridized carbons (Fsp3) is 0.212. The maximum absolute atomic E-state index is 11.4. The third kappa shape index (κ3) is 8.02. The molecule has 8 aromatic rings. The number of aryl methyl sites for hydroxylation is 6. The van der Waals surface area contributed by atoms with Crippen LogP contribution >= 0.6 is 0 Å². The first kappa shape index (κ1) is 36.8. The number of nitrogens with one attached hydrogen (secondary N) is 3. The molecule has 51 heavy (non-hydrogen) atoms. The Balaban J connectivity index is 0.000000187. The second-order valence-corrected chi connectivity index (χ2v) is 11.4. The molecule has 2 aromatic carbocycles. The van der Waals surface area contributed by atoms with Gasteiger partial charge in [0.1, 0.15) is 24.0 Å². The van der Waals surface area contributed by atoms with Gasteiger partial charge in [0, 0.05) is 39.7 Å². The molecule has 6 heterocycles. The van der Waals surface area contributed by atoms with Crippen LogP contribution in [0.4, 0.5) is 11.6 Å². The van der Waals surface area contributed by atoms with Crippen LogP contribution in [0.15, 0.2) is 74.9 Å². The summed E-state index contributed by atoms with van der Waals surface area (Å²) < 4.78 is 5.08. The van der Waals surface area contributed by atoms with Gasteiger partial charge in [-0.05, 0) is 50.1 Å². The van der Waals surface area contributed by atoms with Crippen LogP contribution < -0.4 is 34.0 Å². The van der Waals surface area contributed by atoms with E-state index in [0.717, 1.165) is 38.7 Å². The van der Waals surface area contributed by atoms with E-state index in [9.17, 15) is 19.2 Å². The number of benzene rings is 2. The van der Waals surface area contributed by atoms with Crippen molar-refractivity contribution in [2.45, 2.75) is 28.2 Å². The fourth-order valence-corrected chi connectivity index (χ4v) is 4.98. The summed E-state index contributed by atoms with van der Waals surface area (Å²) in [5.74, 6) is 0.920. The van der Waals surface area contributed by atoms with Crippen LogP contribution in [0.2, 0.25) is 0 Å². The van der Waals surface area contributed by atoms with E-state index in [1.54, 1.807) is 37.3 Å².